The van der Waals surface area contributed by atoms with Crippen LogP contribution in [0.5, 0.6) is 0 Å². The third kappa shape index (κ3) is 3.45. The van der Waals surface area contributed by atoms with E-state index in [4.69, 9.17) is 5.11 Å². The number of likely N-dealkylation sites (N-methyl/N-ethyl adjacent to an activating group) is 1. The van der Waals surface area contributed by atoms with Crippen LogP contribution in [0.2, 0.25) is 0 Å². The van der Waals surface area contributed by atoms with Gasteiger partial charge in [0.1, 0.15) is 5.54 Å². The lowest BCUT2D eigenvalue weighted by atomic mass is 10.00. The van der Waals surface area contributed by atoms with Crippen molar-refractivity contribution in [2.24, 2.45) is 0 Å². The Balaban J connectivity index is 3.88. The third-order valence-corrected chi connectivity index (χ3v) is 2.88. The molecule has 0 saturated carbocycles. The predicted molar refractivity (Wildman–Crippen MR) is 52.7 cm³/mol. The molecule has 2 N–H and O–H groups in total. The molecule has 1 atom stereocenters. The van der Waals surface area contributed by atoms with Crippen LogP contribution in [0.3, 0.4) is 0 Å². The molecule has 3 nitrogen and oxygen atoms in total. The molecule has 0 heterocycles. The minimum atomic E-state index is -0.776. The Labute approximate surface area is 77.9 Å². The van der Waals surface area contributed by atoms with Crippen LogP contribution in [0.4, 0.5) is 0 Å². The smallest absolute Gasteiger partial charge is 0.323 e. The van der Waals surface area contributed by atoms with Gasteiger partial charge in [-0.15, -0.1) is 0 Å². The summed E-state index contributed by atoms with van der Waals surface area (Å²) in [5.41, 5.74) is -0.762. The van der Waals surface area contributed by atoms with Crippen LogP contribution in [-0.2, 0) is 4.79 Å². The lowest BCUT2D eigenvalue weighted by Crippen LogP contribution is -2.47. The monoisotopic (exact) mass is 191 g/mol. The number of carbonyl (C=O) groups is 1. The average Bonchev–Trinajstić information content (AvgIpc) is 2.04. The van der Waals surface area contributed by atoms with E-state index in [1.807, 2.05) is 0 Å². The first-order chi connectivity index (χ1) is 5.56. The minimum absolute atomic E-state index is 0.664. The molecule has 0 amide bonds. The first kappa shape index (κ1) is 11.8. The summed E-state index contributed by atoms with van der Waals surface area (Å²) >= 11 is 1.76. The van der Waals surface area contributed by atoms with Crippen molar-refractivity contribution in [3.05, 3.63) is 0 Å². The van der Waals surface area contributed by atoms with Crippen LogP contribution in [0.15, 0.2) is 0 Å². The summed E-state index contributed by atoms with van der Waals surface area (Å²) in [4.78, 5) is 10.8. The molecule has 0 rings (SSSR count). The van der Waals surface area contributed by atoms with E-state index in [9.17, 15) is 4.79 Å². The fourth-order valence-corrected chi connectivity index (χ4v) is 1.60. The van der Waals surface area contributed by atoms with Gasteiger partial charge in [-0.3, -0.25) is 4.79 Å². The Morgan fingerprint density at radius 3 is 2.58 bits per heavy atom. The molecule has 0 aliphatic heterocycles. The van der Waals surface area contributed by atoms with Crippen LogP contribution in [-0.4, -0.2) is 35.2 Å². The molecular formula is C8H17NO2S. The van der Waals surface area contributed by atoms with E-state index in [2.05, 4.69) is 12.2 Å². The summed E-state index contributed by atoms with van der Waals surface area (Å²) in [5, 5.41) is 11.7. The quantitative estimate of drug-likeness (QED) is 0.619. The highest BCUT2D eigenvalue weighted by Crippen LogP contribution is 2.13. The molecule has 0 bridgehead atoms. The first-order valence-electron chi connectivity index (χ1n) is 4.07. The highest BCUT2D eigenvalue weighted by Gasteiger charge is 2.30. The highest BCUT2D eigenvalue weighted by atomic mass is 32.2. The number of carboxylic acids is 1. The van der Waals surface area contributed by atoms with Gasteiger partial charge in [-0.2, -0.15) is 11.8 Å². The van der Waals surface area contributed by atoms with Crippen LogP contribution >= 0.6 is 11.8 Å². The Bertz CT molecular complexity index is 152. The highest BCUT2D eigenvalue weighted by molar-refractivity contribution is 7.99. The fourth-order valence-electron chi connectivity index (χ4n) is 0.759. The number of carboxylic acid groups (broad SMARTS) is 1. The van der Waals surface area contributed by atoms with E-state index in [1.165, 1.54) is 0 Å². The average molecular weight is 191 g/mol. The molecule has 0 aliphatic rings. The van der Waals surface area contributed by atoms with Gasteiger partial charge in [0.05, 0.1) is 0 Å². The summed E-state index contributed by atoms with van der Waals surface area (Å²) in [6.07, 6.45) is 0.664. The van der Waals surface area contributed by atoms with Crippen molar-refractivity contribution in [1.29, 1.82) is 0 Å². The molecule has 0 radical (unpaired) electrons. The summed E-state index contributed by atoms with van der Waals surface area (Å²) in [6, 6.07) is 0. The van der Waals surface area contributed by atoms with Gasteiger partial charge in [-0.25, -0.2) is 0 Å². The van der Waals surface area contributed by atoms with E-state index in [0.717, 1.165) is 11.5 Å². The van der Waals surface area contributed by atoms with E-state index < -0.39 is 11.5 Å². The molecule has 0 fully saturated rings. The molecule has 0 aromatic heterocycles. The second kappa shape index (κ2) is 5.43. The summed E-state index contributed by atoms with van der Waals surface area (Å²) < 4.78 is 0. The Kier molecular flexibility index (Phi) is 5.33. The van der Waals surface area contributed by atoms with E-state index in [0.29, 0.717) is 6.42 Å². The van der Waals surface area contributed by atoms with E-state index >= 15 is 0 Å². The van der Waals surface area contributed by atoms with Crippen molar-refractivity contribution < 1.29 is 9.90 Å². The Hall–Kier alpha value is -0.220. The molecule has 0 aromatic carbocycles. The van der Waals surface area contributed by atoms with Gasteiger partial charge in [0.15, 0.2) is 0 Å². The molecule has 12 heavy (non-hydrogen) atoms. The number of thioether (sulfide) groups is 1. The molecule has 0 saturated heterocycles. The summed E-state index contributed by atoms with van der Waals surface area (Å²) in [6.45, 7) is 3.79. The zero-order valence-corrected chi connectivity index (χ0v) is 8.70. The third-order valence-electron chi connectivity index (χ3n) is 1.97. The van der Waals surface area contributed by atoms with Crippen LogP contribution in [0, 0.1) is 0 Å². The standard InChI is InChI=1S/C8H17NO2S/c1-4-12-6-5-8(2,9-3)7(10)11/h9H,4-6H2,1-3H3,(H,10,11). The number of hydrogen-bond donors (Lipinski definition) is 2. The van der Waals surface area contributed by atoms with Crippen LogP contribution < -0.4 is 5.32 Å². The number of aliphatic carboxylic acids is 1. The topological polar surface area (TPSA) is 49.3 Å². The van der Waals surface area contributed by atoms with Crippen LogP contribution in [0.25, 0.3) is 0 Å². The summed E-state index contributed by atoms with van der Waals surface area (Å²) in [7, 11) is 1.69. The molecule has 4 heteroatoms. The number of hydrogen-bond acceptors (Lipinski definition) is 3. The van der Waals surface area contributed by atoms with E-state index in [1.54, 1.807) is 25.7 Å². The van der Waals surface area contributed by atoms with Crippen molar-refractivity contribution in [2.75, 3.05) is 18.6 Å². The number of rotatable bonds is 6. The second-order valence-corrected chi connectivity index (χ2v) is 4.23. The molecule has 0 aromatic rings. The lowest BCUT2D eigenvalue weighted by molar-refractivity contribution is -0.144. The largest absolute Gasteiger partial charge is 0.480 e. The van der Waals surface area contributed by atoms with Gasteiger partial charge in [-0.1, -0.05) is 6.92 Å². The SMILES string of the molecule is CCSCCC(C)(NC)C(=O)O. The maximum Gasteiger partial charge on any atom is 0.323 e. The van der Waals surface area contributed by atoms with Crippen molar-refractivity contribution >= 4 is 17.7 Å². The van der Waals surface area contributed by atoms with Gasteiger partial charge in [0.25, 0.3) is 0 Å². The van der Waals surface area contributed by atoms with E-state index in [-0.39, 0.29) is 0 Å². The molecular weight excluding hydrogens is 174 g/mol. The van der Waals surface area contributed by atoms with Crippen LogP contribution in [0.1, 0.15) is 20.3 Å². The van der Waals surface area contributed by atoms with Gasteiger partial charge >= 0.3 is 5.97 Å². The number of nitrogens with one attached hydrogen (secondary N) is 1. The molecule has 0 spiro atoms. The zero-order valence-electron chi connectivity index (χ0n) is 7.89. The maximum atomic E-state index is 10.8. The fraction of sp³-hybridized carbons (Fsp3) is 0.875. The van der Waals surface area contributed by atoms with Gasteiger partial charge in [0.2, 0.25) is 0 Å². The van der Waals surface area contributed by atoms with Gasteiger partial charge in [-0.05, 0) is 31.9 Å². The van der Waals surface area contributed by atoms with Crippen molar-refractivity contribution in [1.82, 2.24) is 5.32 Å². The normalized spacial score (nSPS) is 15.6. The Morgan fingerprint density at radius 1 is 1.67 bits per heavy atom. The Morgan fingerprint density at radius 2 is 2.25 bits per heavy atom. The summed E-state index contributed by atoms with van der Waals surface area (Å²) in [5.74, 6) is 1.15. The van der Waals surface area contributed by atoms with Crippen molar-refractivity contribution in [2.45, 2.75) is 25.8 Å². The van der Waals surface area contributed by atoms with Crippen molar-refractivity contribution in [3.8, 4) is 0 Å². The molecule has 0 aliphatic carbocycles. The molecule has 1 unspecified atom stereocenters. The lowest BCUT2D eigenvalue weighted by Gasteiger charge is -2.23. The second-order valence-electron chi connectivity index (χ2n) is 2.83. The maximum absolute atomic E-state index is 10.8. The zero-order chi connectivity index (χ0) is 9.61. The minimum Gasteiger partial charge on any atom is -0.480 e. The van der Waals surface area contributed by atoms with Gasteiger partial charge in [0, 0.05) is 0 Å². The predicted octanol–water partition coefficient (Wildman–Crippen LogP) is 1.19. The van der Waals surface area contributed by atoms with Crippen molar-refractivity contribution in [3.63, 3.8) is 0 Å². The molecule has 72 valence electrons. The van der Waals surface area contributed by atoms with Gasteiger partial charge < -0.3 is 10.4 Å². The first-order valence-corrected chi connectivity index (χ1v) is 5.22.